The summed E-state index contributed by atoms with van der Waals surface area (Å²) < 4.78 is 27.6. The summed E-state index contributed by atoms with van der Waals surface area (Å²) in [6, 6.07) is -0.0584. The first kappa shape index (κ1) is 14.9. The molecule has 0 saturated carbocycles. The quantitative estimate of drug-likeness (QED) is 0.752. The molecule has 2 atom stereocenters. The van der Waals surface area contributed by atoms with Crippen LogP contribution in [0.4, 0.5) is 6.01 Å². The molecule has 1 aromatic heterocycles. The minimum Gasteiger partial charge on any atom is -0.406 e. The molecule has 0 saturated heterocycles. The van der Waals surface area contributed by atoms with Gasteiger partial charge in [-0.15, -0.1) is 5.10 Å². The Morgan fingerprint density at radius 1 is 1.33 bits per heavy atom. The van der Waals surface area contributed by atoms with Crippen molar-refractivity contribution in [1.29, 1.82) is 0 Å². The zero-order valence-corrected chi connectivity index (χ0v) is 11.9. The molecule has 0 bridgehead atoms. The van der Waals surface area contributed by atoms with E-state index in [0.29, 0.717) is 5.89 Å². The fourth-order valence-corrected chi connectivity index (χ4v) is 2.56. The summed E-state index contributed by atoms with van der Waals surface area (Å²) in [6.07, 6.45) is 1.19. The number of nitrogens with one attached hydrogen (secondary N) is 2. The Labute approximate surface area is 107 Å². The maximum atomic E-state index is 11.1. The summed E-state index contributed by atoms with van der Waals surface area (Å²) in [5.41, 5.74) is 0. The number of hydrogen-bond acceptors (Lipinski definition) is 7. The van der Waals surface area contributed by atoms with Crippen molar-refractivity contribution in [2.24, 2.45) is 0 Å². The molecule has 0 aliphatic rings. The van der Waals surface area contributed by atoms with Crippen molar-refractivity contribution in [1.82, 2.24) is 15.5 Å². The van der Waals surface area contributed by atoms with Gasteiger partial charge >= 0.3 is 6.01 Å². The van der Waals surface area contributed by atoms with Crippen LogP contribution in [-0.2, 0) is 9.84 Å². The van der Waals surface area contributed by atoms with E-state index < -0.39 is 9.84 Å². The van der Waals surface area contributed by atoms with Gasteiger partial charge in [-0.1, -0.05) is 12.0 Å². The molecule has 0 aliphatic carbocycles. The highest BCUT2D eigenvalue weighted by Gasteiger charge is 2.16. The normalized spacial score (nSPS) is 15.3. The highest BCUT2D eigenvalue weighted by molar-refractivity contribution is 7.90. The number of sulfone groups is 1. The van der Waals surface area contributed by atoms with E-state index in [4.69, 9.17) is 4.42 Å². The molecule has 1 heterocycles. The molecule has 0 radical (unpaired) electrons. The first-order valence-corrected chi connectivity index (χ1v) is 7.89. The molecule has 8 heteroatoms. The number of rotatable bonds is 7. The van der Waals surface area contributed by atoms with E-state index in [1.165, 1.54) is 6.26 Å². The first-order valence-electron chi connectivity index (χ1n) is 5.83. The third-order valence-corrected chi connectivity index (χ3v) is 3.35. The SMILES string of the molecule is CCNC(C)c1nnc(NC(C)CS(C)(=O)=O)o1. The molecule has 1 rings (SSSR count). The summed E-state index contributed by atoms with van der Waals surface area (Å²) in [5, 5.41) is 13.7. The number of anilines is 1. The van der Waals surface area contributed by atoms with Crippen molar-refractivity contribution in [3.8, 4) is 0 Å². The molecule has 1 aromatic rings. The molecule has 0 fully saturated rings. The fourth-order valence-electron chi connectivity index (χ4n) is 1.57. The van der Waals surface area contributed by atoms with Crippen molar-refractivity contribution in [2.75, 3.05) is 23.9 Å². The predicted molar refractivity (Wildman–Crippen MR) is 69.2 cm³/mol. The van der Waals surface area contributed by atoms with E-state index in [2.05, 4.69) is 20.8 Å². The molecule has 7 nitrogen and oxygen atoms in total. The minimum absolute atomic E-state index is 0.0213. The Balaban J connectivity index is 2.58. The Morgan fingerprint density at radius 3 is 2.56 bits per heavy atom. The molecule has 18 heavy (non-hydrogen) atoms. The topological polar surface area (TPSA) is 97.1 Å². The van der Waals surface area contributed by atoms with Crippen LogP contribution in [0.2, 0.25) is 0 Å². The lowest BCUT2D eigenvalue weighted by Gasteiger charge is -2.10. The molecule has 2 unspecified atom stereocenters. The second-order valence-corrected chi connectivity index (χ2v) is 6.55. The molecule has 104 valence electrons. The van der Waals surface area contributed by atoms with Crippen LogP contribution < -0.4 is 10.6 Å². The van der Waals surface area contributed by atoms with Crippen molar-refractivity contribution in [3.05, 3.63) is 5.89 Å². The van der Waals surface area contributed by atoms with Crippen LogP contribution in [0, 0.1) is 0 Å². The maximum Gasteiger partial charge on any atom is 0.315 e. The fraction of sp³-hybridized carbons (Fsp3) is 0.800. The van der Waals surface area contributed by atoms with E-state index in [9.17, 15) is 8.42 Å². The largest absolute Gasteiger partial charge is 0.406 e. The van der Waals surface area contributed by atoms with Gasteiger partial charge in [0.1, 0.15) is 9.84 Å². The van der Waals surface area contributed by atoms with Crippen LogP contribution >= 0.6 is 0 Å². The van der Waals surface area contributed by atoms with Crippen LogP contribution in [0.15, 0.2) is 4.42 Å². The molecule has 0 aliphatic heterocycles. The molecule has 0 aromatic carbocycles. The van der Waals surface area contributed by atoms with Gasteiger partial charge in [0.05, 0.1) is 11.8 Å². The number of nitrogens with zero attached hydrogens (tertiary/aromatic N) is 2. The monoisotopic (exact) mass is 276 g/mol. The number of aromatic nitrogens is 2. The van der Waals surface area contributed by atoms with Gasteiger partial charge in [0, 0.05) is 12.3 Å². The molecular formula is C10H20N4O3S. The van der Waals surface area contributed by atoms with Gasteiger partial charge in [0.2, 0.25) is 5.89 Å². The van der Waals surface area contributed by atoms with E-state index in [1.807, 2.05) is 13.8 Å². The average Bonchev–Trinajstić information content (AvgIpc) is 2.63. The van der Waals surface area contributed by atoms with E-state index in [-0.39, 0.29) is 23.9 Å². The zero-order valence-electron chi connectivity index (χ0n) is 11.1. The van der Waals surface area contributed by atoms with E-state index in [1.54, 1.807) is 6.92 Å². The van der Waals surface area contributed by atoms with Crippen molar-refractivity contribution in [2.45, 2.75) is 32.9 Å². The third kappa shape index (κ3) is 5.01. The van der Waals surface area contributed by atoms with Crippen LogP contribution in [0.3, 0.4) is 0 Å². The van der Waals surface area contributed by atoms with E-state index in [0.717, 1.165) is 6.54 Å². The first-order chi connectivity index (χ1) is 8.31. The van der Waals surface area contributed by atoms with Gasteiger partial charge in [-0.25, -0.2) is 8.42 Å². The summed E-state index contributed by atoms with van der Waals surface area (Å²) in [5.74, 6) is 0.499. The summed E-state index contributed by atoms with van der Waals surface area (Å²) in [4.78, 5) is 0. The van der Waals surface area contributed by atoms with Crippen molar-refractivity contribution in [3.63, 3.8) is 0 Å². The molecular weight excluding hydrogens is 256 g/mol. The average molecular weight is 276 g/mol. The Hall–Kier alpha value is -1.15. The third-order valence-electron chi connectivity index (χ3n) is 2.24. The smallest absolute Gasteiger partial charge is 0.315 e. The highest BCUT2D eigenvalue weighted by Crippen LogP contribution is 2.14. The predicted octanol–water partition coefficient (Wildman–Crippen LogP) is 0.585. The second-order valence-electron chi connectivity index (χ2n) is 4.36. The van der Waals surface area contributed by atoms with E-state index >= 15 is 0 Å². The van der Waals surface area contributed by atoms with Crippen LogP contribution in [0.5, 0.6) is 0 Å². The van der Waals surface area contributed by atoms with Gasteiger partial charge in [-0.05, 0) is 20.4 Å². The Morgan fingerprint density at radius 2 is 2.00 bits per heavy atom. The summed E-state index contributed by atoms with van der Waals surface area (Å²) in [7, 11) is -3.03. The lowest BCUT2D eigenvalue weighted by Crippen LogP contribution is -2.25. The Bertz CT molecular complexity index is 471. The minimum atomic E-state index is -3.03. The van der Waals surface area contributed by atoms with Gasteiger partial charge in [0.15, 0.2) is 0 Å². The summed E-state index contributed by atoms with van der Waals surface area (Å²) in [6.45, 7) is 6.45. The standard InChI is InChI=1S/C10H20N4O3S/c1-5-11-8(3)9-13-14-10(17-9)12-7(2)6-18(4,15)16/h7-8,11H,5-6H2,1-4H3,(H,12,14). The van der Waals surface area contributed by atoms with Crippen LogP contribution in [0.1, 0.15) is 32.7 Å². The van der Waals surface area contributed by atoms with Gasteiger partial charge in [0.25, 0.3) is 0 Å². The second kappa shape index (κ2) is 6.14. The summed E-state index contributed by atoms with van der Waals surface area (Å²) >= 11 is 0. The van der Waals surface area contributed by atoms with Crippen molar-refractivity contribution >= 4 is 15.9 Å². The molecule has 0 amide bonds. The van der Waals surface area contributed by atoms with Gasteiger partial charge < -0.3 is 15.1 Å². The lowest BCUT2D eigenvalue weighted by molar-refractivity contribution is 0.427. The maximum absolute atomic E-state index is 11.1. The highest BCUT2D eigenvalue weighted by atomic mass is 32.2. The van der Waals surface area contributed by atoms with Crippen LogP contribution in [-0.4, -0.2) is 43.2 Å². The lowest BCUT2D eigenvalue weighted by atomic mass is 10.3. The van der Waals surface area contributed by atoms with Gasteiger partial charge in [-0.3, -0.25) is 0 Å². The zero-order chi connectivity index (χ0) is 13.8. The number of hydrogen-bond donors (Lipinski definition) is 2. The molecule has 2 N–H and O–H groups in total. The Kier molecular flexibility index (Phi) is 5.09. The molecule has 0 spiro atoms. The van der Waals surface area contributed by atoms with Gasteiger partial charge in [-0.2, -0.15) is 0 Å². The van der Waals surface area contributed by atoms with Crippen LogP contribution in [0.25, 0.3) is 0 Å². The van der Waals surface area contributed by atoms with Crippen molar-refractivity contribution < 1.29 is 12.8 Å².